The second-order valence-corrected chi connectivity index (χ2v) is 4.39. The van der Waals surface area contributed by atoms with Crippen LogP contribution in [-0.2, 0) is 0 Å². The SMILES string of the molecule is OC1CCN(C2CCNCC2O)CC1. The zero-order valence-electron chi connectivity index (χ0n) is 8.52. The summed E-state index contributed by atoms with van der Waals surface area (Å²) in [5.41, 5.74) is 0. The largest absolute Gasteiger partial charge is 0.393 e. The van der Waals surface area contributed by atoms with Crippen LogP contribution in [0.25, 0.3) is 0 Å². The van der Waals surface area contributed by atoms with Crippen LogP contribution in [0.15, 0.2) is 0 Å². The number of piperidine rings is 2. The van der Waals surface area contributed by atoms with Crippen LogP contribution in [0.3, 0.4) is 0 Å². The summed E-state index contributed by atoms with van der Waals surface area (Å²) < 4.78 is 0. The van der Waals surface area contributed by atoms with Crippen LogP contribution in [-0.4, -0.2) is 59.5 Å². The molecule has 0 amide bonds. The van der Waals surface area contributed by atoms with Crippen molar-refractivity contribution in [1.29, 1.82) is 0 Å². The number of hydrogen-bond donors (Lipinski definition) is 3. The molecule has 82 valence electrons. The summed E-state index contributed by atoms with van der Waals surface area (Å²) in [5, 5.41) is 22.4. The van der Waals surface area contributed by atoms with Crippen LogP contribution in [0.2, 0.25) is 0 Å². The number of β-amino-alcohol motifs (C(OH)–C–C–N with tert-alkyl or cyclic N) is 1. The van der Waals surface area contributed by atoms with Crippen molar-refractivity contribution in [2.45, 2.75) is 37.5 Å². The standard InChI is InChI=1S/C10H20N2O2/c13-8-2-5-12(6-3-8)9-1-4-11-7-10(9)14/h8-11,13-14H,1-7H2. The van der Waals surface area contributed by atoms with Gasteiger partial charge >= 0.3 is 0 Å². The smallest absolute Gasteiger partial charge is 0.0819 e. The van der Waals surface area contributed by atoms with E-state index in [9.17, 15) is 10.2 Å². The van der Waals surface area contributed by atoms with Crippen LogP contribution < -0.4 is 5.32 Å². The van der Waals surface area contributed by atoms with Crippen molar-refractivity contribution in [3.8, 4) is 0 Å². The summed E-state index contributed by atoms with van der Waals surface area (Å²) in [6, 6.07) is 0.309. The molecule has 0 saturated carbocycles. The molecule has 4 nitrogen and oxygen atoms in total. The molecule has 3 N–H and O–H groups in total. The van der Waals surface area contributed by atoms with Crippen molar-refractivity contribution in [3.63, 3.8) is 0 Å². The average Bonchev–Trinajstić information content (AvgIpc) is 2.20. The second-order valence-electron chi connectivity index (χ2n) is 4.39. The Hall–Kier alpha value is -0.160. The van der Waals surface area contributed by atoms with Gasteiger partial charge in [-0.25, -0.2) is 0 Å². The van der Waals surface area contributed by atoms with Crippen molar-refractivity contribution in [2.24, 2.45) is 0 Å². The summed E-state index contributed by atoms with van der Waals surface area (Å²) >= 11 is 0. The molecule has 2 aliphatic heterocycles. The minimum atomic E-state index is -0.237. The maximum atomic E-state index is 9.82. The van der Waals surface area contributed by atoms with Gasteiger partial charge in [-0.15, -0.1) is 0 Å². The zero-order chi connectivity index (χ0) is 9.97. The Morgan fingerprint density at radius 1 is 1.07 bits per heavy atom. The molecular weight excluding hydrogens is 180 g/mol. The molecule has 2 unspecified atom stereocenters. The van der Waals surface area contributed by atoms with Gasteiger partial charge in [-0.3, -0.25) is 4.90 Å². The summed E-state index contributed by atoms with van der Waals surface area (Å²) in [6.45, 7) is 3.58. The molecule has 2 heterocycles. The number of rotatable bonds is 1. The van der Waals surface area contributed by atoms with Gasteiger partial charge in [-0.1, -0.05) is 0 Å². The third-order valence-corrected chi connectivity index (χ3v) is 3.38. The second kappa shape index (κ2) is 4.57. The van der Waals surface area contributed by atoms with E-state index in [1.54, 1.807) is 0 Å². The molecule has 0 spiro atoms. The van der Waals surface area contributed by atoms with Gasteiger partial charge in [-0.2, -0.15) is 0 Å². The highest BCUT2D eigenvalue weighted by atomic mass is 16.3. The van der Waals surface area contributed by atoms with Gasteiger partial charge in [0.05, 0.1) is 12.2 Å². The van der Waals surface area contributed by atoms with Gasteiger partial charge in [0.25, 0.3) is 0 Å². The topological polar surface area (TPSA) is 55.7 Å². The van der Waals surface area contributed by atoms with Crippen LogP contribution in [0.1, 0.15) is 19.3 Å². The van der Waals surface area contributed by atoms with E-state index < -0.39 is 0 Å². The van der Waals surface area contributed by atoms with Gasteiger partial charge in [0.15, 0.2) is 0 Å². The van der Waals surface area contributed by atoms with E-state index in [1.165, 1.54) is 0 Å². The van der Waals surface area contributed by atoms with Crippen LogP contribution in [0, 0.1) is 0 Å². The molecule has 0 aliphatic carbocycles. The van der Waals surface area contributed by atoms with Crippen molar-refractivity contribution < 1.29 is 10.2 Å². The number of nitrogens with one attached hydrogen (secondary N) is 1. The Morgan fingerprint density at radius 2 is 1.79 bits per heavy atom. The Balaban J connectivity index is 1.87. The van der Waals surface area contributed by atoms with E-state index in [2.05, 4.69) is 10.2 Å². The highest BCUT2D eigenvalue weighted by Gasteiger charge is 2.30. The highest BCUT2D eigenvalue weighted by molar-refractivity contribution is 4.87. The third-order valence-electron chi connectivity index (χ3n) is 3.38. The normalized spacial score (nSPS) is 37.3. The first kappa shape index (κ1) is 10.4. The van der Waals surface area contributed by atoms with Crippen LogP contribution in [0.4, 0.5) is 0 Å². The maximum absolute atomic E-state index is 9.82. The van der Waals surface area contributed by atoms with E-state index >= 15 is 0 Å². The molecule has 2 atom stereocenters. The monoisotopic (exact) mass is 200 g/mol. The first-order valence-electron chi connectivity index (χ1n) is 5.58. The van der Waals surface area contributed by atoms with Gasteiger partial charge < -0.3 is 15.5 Å². The van der Waals surface area contributed by atoms with Crippen LogP contribution >= 0.6 is 0 Å². The number of aliphatic hydroxyl groups is 2. The fourth-order valence-electron chi connectivity index (χ4n) is 2.47. The Kier molecular flexibility index (Phi) is 3.38. The third kappa shape index (κ3) is 2.25. The lowest BCUT2D eigenvalue weighted by molar-refractivity contribution is -0.00508. The number of nitrogens with zero attached hydrogens (tertiary/aromatic N) is 1. The Morgan fingerprint density at radius 3 is 2.43 bits per heavy atom. The zero-order valence-corrected chi connectivity index (χ0v) is 8.52. The molecule has 2 rings (SSSR count). The molecule has 2 fully saturated rings. The molecule has 0 aromatic heterocycles. The van der Waals surface area contributed by atoms with Crippen molar-refractivity contribution >= 4 is 0 Å². The number of likely N-dealkylation sites (tertiary alicyclic amines) is 1. The van der Waals surface area contributed by atoms with Gasteiger partial charge in [0, 0.05) is 25.7 Å². The predicted octanol–water partition coefficient (Wildman–Crippen LogP) is -0.834. The molecule has 0 bridgehead atoms. The van der Waals surface area contributed by atoms with Gasteiger partial charge in [0.1, 0.15) is 0 Å². The Bertz CT molecular complexity index is 181. The van der Waals surface area contributed by atoms with Crippen LogP contribution in [0.5, 0.6) is 0 Å². The minimum Gasteiger partial charge on any atom is -0.393 e. The summed E-state index contributed by atoms with van der Waals surface area (Å²) in [7, 11) is 0. The molecule has 4 heteroatoms. The molecule has 14 heavy (non-hydrogen) atoms. The van der Waals surface area contributed by atoms with E-state index in [0.717, 1.165) is 38.9 Å². The summed E-state index contributed by atoms with van der Waals surface area (Å²) in [5.74, 6) is 0. The van der Waals surface area contributed by atoms with E-state index in [-0.39, 0.29) is 12.2 Å². The van der Waals surface area contributed by atoms with Crippen molar-refractivity contribution in [3.05, 3.63) is 0 Å². The quantitative estimate of drug-likeness (QED) is 0.517. The lowest BCUT2D eigenvalue weighted by atomic mass is 9.98. The first-order chi connectivity index (χ1) is 6.77. The van der Waals surface area contributed by atoms with E-state index in [4.69, 9.17) is 0 Å². The minimum absolute atomic E-state index is 0.120. The lowest BCUT2D eigenvalue weighted by Crippen LogP contribution is -2.55. The van der Waals surface area contributed by atoms with E-state index in [0.29, 0.717) is 12.6 Å². The Labute approximate surface area is 84.9 Å². The molecule has 0 aromatic carbocycles. The molecule has 0 radical (unpaired) electrons. The number of aliphatic hydroxyl groups excluding tert-OH is 2. The fourth-order valence-corrected chi connectivity index (χ4v) is 2.47. The summed E-state index contributed by atoms with van der Waals surface area (Å²) in [4.78, 5) is 2.33. The summed E-state index contributed by atoms with van der Waals surface area (Å²) in [6.07, 6.45) is 2.38. The highest BCUT2D eigenvalue weighted by Crippen LogP contribution is 2.18. The van der Waals surface area contributed by atoms with E-state index in [1.807, 2.05) is 0 Å². The predicted molar refractivity (Wildman–Crippen MR) is 54.1 cm³/mol. The van der Waals surface area contributed by atoms with Crippen molar-refractivity contribution in [1.82, 2.24) is 10.2 Å². The number of hydrogen-bond acceptors (Lipinski definition) is 4. The molecule has 2 saturated heterocycles. The first-order valence-corrected chi connectivity index (χ1v) is 5.58. The molecule has 0 aromatic rings. The van der Waals surface area contributed by atoms with Gasteiger partial charge in [-0.05, 0) is 25.8 Å². The molecule has 2 aliphatic rings. The maximum Gasteiger partial charge on any atom is 0.0819 e. The fraction of sp³-hybridized carbons (Fsp3) is 1.00. The van der Waals surface area contributed by atoms with Crippen molar-refractivity contribution in [2.75, 3.05) is 26.2 Å². The van der Waals surface area contributed by atoms with Gasteiger partial charge in [0.2, 0.25) is 0 Å². The lowest BCUT2D eigenvalue weighted by Gasteiger charge is -2.40. The average molecular weight is 200 g/mol. The molecular formula is C10H20N2O2.